The van der Waals surface area contributed by atoms with E-state index in [1.807, 2.05) is 0 Å². The van der Waals surface area contributed by atoms with E-state index in [1.165, 1.54) is 6.42 Å². The fraction of sp³-hybridized carbons (Fsp3) is 0.909. The van der Waals surface area contributed by atoms with Gasteiger partial charge >= 0.3 is 0 Å². The number of hydrogen-bond donors (Lipinski definition) is 0. The largest absolute Gasteiger partial charge is 0.300 e. The third-order valence-electron chi connectivity index (χ3n) is 3.91. The Morgan fingerprint density at radius 1 is 1.21 bits per heavy atom. The van der Waals surface area contributed by atoms with Crippen molar-refractivity contribution in [1.29, 1.82) is 0 Å². The number of rotatable bonds is 2. The summed E-state index contributed by atoms with van der Waals surface area (Å²) in [6.07, 6.45) is 7.42. The Morgan fingerprint density at radius 3 is 2.43 bits per heavy atom. The molecule has 0 saturated heterocycles. The second-order valence-corrected chi connectivity index (χ2v) is 4.73. The minimum Gasteiger partial charge on any atom is -0.300 e. The minimum atomic E-state index is -0.371. The predicted molar refractivity (Wildman–Crippen MR) is 54.0 cm³/mol. The molecule has 0 radical (unpaired) electrons. The molecule has 0 amide bonds. The highest BCUT2D eigenvalue weighted by Crippen LogP contribution is 2.44. The van der Waals surface area contributed by atoms with Gasteiger partial charge in [0.05, 0.1) is 0 Å². The van der Waals surface area contributed by atoms with Crippen molar-refractivity contribution in [2.75, 3.05) is 0 Å². The van der Waals surface area contributed by atoms with Gasteiger partial charge in [-0.05, 0) is 25.2 Å². The summed E-state index contributed by atoms with van der Waals surface area (Å²) < 4.78 is 0. The Hall–Kier alpha value is -0.730. The Labute approximate surface area is 84.2 Å². The quantitative estimate of drug-likeness (QED) is 0.636. The molecule has 14 heavy (non-hydrogen) atoms. The normalized spacial score (nSPS) is 31.7. The maximum absolute atomic E-state index is 11.2. The zero-order chi connectivity index (χ0) is 10.0. The monoisotopic (exact) mass is 195 g/mol. The molecular weight excluding hydrogens is 178 g/mol. The van der Waals surface area contributed by atoms with Crippen LogP contribution in [-0.2, 0) is 4.79 Å². The van der Waals surface area contributed by atoms with E-state index in [4.69, 9.17) is 0 Å². The summed E-state index contributed by atoms with van der Waals surface area (Å²) in [5.74, 6) is 0.580. The first-order valence-electron chi connectivity index (χ1n) is 5.63. The number of carbonyl (C=O) groups is 1. The Kier molecular flexibility index (Phi) is 2.66. The standard InChI is InChI=1S/C11H17NO2/c13-10-5-4-9(8-10)11(12-14)6-2-1-3-7-11/h9H,1-8H2. The average molecular weight is 195 g/mol. The van der Waals surface area contributed by atoms with Gasteiger partial charge < -0.3 is 0 Å². The number of hydrogen-bond acceptors (Lipinski definition) is 3. The van der Waals surface area contributed by atoms with Crippen LogP contribution in [0.3, 0.4) is 0 Å². The summed E-state index contributed by atoms with van der Waals surface area (Å²) >= 11 is 0. The molecule has 2 saturated carbocycles. The second-order valence-electron chi connectivity index (χ2n) is 4.73. The first kappa shape index (κ1) is 9.81. The van der Waals surface area contributed by atoms with E-state index in [-0.39, 0.29) is 11.5 Å². The smallest absolute Gasteiger partial charge is 0.133 e. The third-order valence-corrected chi connectivity index (χ3v) is 3.91. The molecule has 2 fully saturated rings. The molecule has 3 nitrogen and oxygen atoms in total. The molecule has 0 heterocycles. The van der Waals surface area contributed by atoms with Crippen molar-refractivity contribution >= 4 is 5.78 Å². The summed E-state index contributed by atoms with van der Waals surface area (Å²) in [5, 5.41) is 3.39. The number of carbonyl (C=O) groups excluding carboxylic acids is 1. The van der Waals surface area contributed by atoms with E-state index in [0.717, 1.165) is 32.1 Å². The zero-order valence-corrected chi connectivity index (χ0v) is 8.50. The van der Waals surface area contributed by atoms with Crippen molar-refractivity contribution in [2.45, 2.75) is 56.9 Å². The highest BCUT2D eigenvalue weighted by molar-refractivity contribution is 5.80. The van der Waals surface area contributed by atoms with E-state index in [0.29, 0.717) is 18.6 Å². The first-order valence-corrected chi connectivity index (χ1v) is 5.63. The second kappa shape index (κ2) is 3.79. The van der Waals surface area contributed by atoms with Gasteiger partial charge in [0, 0.05) is 12.8 Å². The lowest BCUT2D eigenvalue weighted by Gasteiger charge is -2.35. The van der Waals surface area contributed by atoms with Gasteiger partial charge in [-0.1, -0.05) is 24.4 Å². The molecular formula is C11H17NO2. The predicted octanol–water partition coefficient (Wildman–Crippen LogP) is 2.82. The molecule has 2 rings (SSSR count). The van der Waals surface area contributed by atoms with E-state index in [1.54, 1.807) is 0 Å². The van der Waals surface area contributed by atoms with Crippen LogP contribution < -0.4 is 0 Å². The van der Waals surface area contributed by atoms with Crippen LogP contribution in [0.5, 0.6) is 0 Å². The van der Waals surface area contributed by atoms with Gasteiger partial charge in [0.2, 0.25) is 0 Å². The first-order chi connectivity index (χ1) is 6.77. The molecule has 0 aromatic carbocycles. The van der Waals surface area contributed by atoms with Crippen molar-refractivity contribution in [3.05, 3.63) is 4.91 Å². The number of nitrogens with zero attached hydrogens (tertiary/aromatic N) is 1. The fourth-order valence-corrected chi connectivity index (χ4v) is 3.01. The van der Waals surface area contributed by atoms with Gasteiger partial charge in [-0.3, -0.25) is 4.79 Å². The molecule has 0 bridgehead atoms. The van der Waals surface area contributed by atoms with Gasteiger partial charge in [0.15, 0.2) is 0 Å². The van der Waals surface area contributed by atoms with Crippen molar-refractivity contribution in [3.8, 4) is 0 Å². The third kappa shape index (κ3) is 1.60. The summed E-state index contributed by atoms with van der Waals surface area (Å²) in [7, 11) is 0. The van der Waals surface area contributed by atoms with Gasteiger partial charge in [-0.2, -0.15) is 4.91 Å². The van der Waals surface area contributed by atoms with E-state index < -0.39 is 0 Å². The number of Topliss-reactive ketones (excluding diaryl/α,β-unsaturated/α-hetero) is 1. The summed E-state index contributed by atoms with van der Waals surface area (Å²) in [6.45, 7) is 0. The zero-order valence-electron chi connectivity index (χ0n) is 8.50. The SMILES string of the molecule is O=NC1(C2CCC(=O)C2)CCCCC1. The minimum absolute atomic E-state index is 0.257. The van der Waals surface area contributed by atoms with Gasteiger partial charge in [0.25, 0.3) is 0 Å². The molecule has 0 aliphatic heterocycles. The van der Waals surface area contributed by atoms with Crippen LogP contribution in [0.15, 0.2) is 5.18 Å². The van der Waals surface area contributed by atoms with Crippen LogP contribution in [0.25, 0.3) is 0 Å². The molecule has 2 aliphatic carbocycles. The van der Waals surface area contributed by atoms with Crippen LogP contribution in [0.2, 0.25) is 0 Å². The molecule has 0 N–H and O–H groups in total. The molecule has 0 spiro atoms. The topological polar surface area (TPSA) is 46.5 Å². The van der Waals surface area contributed by atoms with Gasteiger partial charge in [-0.25, -0.2) is 0 Å². The molecule has 3 heteroatoms. The van der Waals surface area contributed by atoms with Crippen LogP contribution in [0, 0.1) is 10.8 Å². The summed E-state index contributed by atoms with van der Waals surface area (Å²) in [4.78, 5) is 22.2. The molecule has 0 aromatic heterocycles. The van der Waals surface area contributed by atoms with Crippen LogP contribution in [-0.4, -0.2) is 11.3 Å². The van der Waals surface area contributed by atoms with E-state index in [2.05, 4.69) is 5.18 Å². The van der Waals surface area contributed by atoms with E-state index in [9.17, 15) is 9.70 Å². The van der Waals surface area contributed by atoms with Gasteiger partial charge in [-0.15, -0.1) is 0 Å². The van der Waals surface area contributed by atoms with Crippen molar-refractivity contribution < 1.29 is 4.79 Å². The molecule has 1 atom stereocenters. The van der Waals surface area contributed by atoms with Crippen molar-refractivity contribution in [1.82, 2.24) is 0 Å². The van der Waals surface area contributed by atoms with Crippen LogP contribution in [0.4, 0.5) is 0 Å². The maximum Gasteiger partial charge on any atom is 0.133 e. The highest BCUT2D eigenvalue weighted by Gasteiger charge is 2.44. The summed E-state index contributed by atoms with van der Waals surface area (Å²) in [6, 6.07) is 0. The summed E-state index contributed by atoms with van der Waals surface area (Å²) in [5.41, 5.74) is -0.371. The lowest BCUT2D eigenvalue weighted by atomic mass is 9.73. The Bertz CT molecular complexity index is 244. The van der Waals surface area contributed by atoms with E-state index >= 15 is 0 Å². The fourth-order valence-electron chi connectivity index (χ4n) is 3.01. The van der Waals surface area contributed by atoms with Crippen LogP contribution >= 0.6 is 0 Å². The van der Waals surface area contributed by atoms with Gasteiger partial charge in [0.1, 0.15) is 11.3 Å². The lowest BCUT2D eigenvalue weighted by Crippen LogP contribution is -2.36. The molecule has 1 unspecified atom stereocenters. The molecule has 0 aromatic rings. The number of ketones is 1. The van der Waals surface area contributed by atoms with Crippen molar-refractivity contribution in [2.24, 2.45) is 11.1 Å². The van der Waals surface area contributed by atoms with Crippen LogP contribution in [0.1, 0.15) is 51.4 Å². The average Bonchev–Trinajstić information content (AvgIpc) is 2.66. The Balaban J connectivity index is 2.10. The molecule has 2 aliphatic rings. The molecule has 78 valence electrons. The number of nitroso groups, excluding NO2 is 1. The maximum atomic E-state index is 11.2. The lowest BCUT2D eigenvalue weighted by molar-refractivity contribution is -0.117. The van der Waals surface area contributed by atoms with Crippen molar-refractivity contribution in [3.63, 3.8) is 0 Å². The Morgan fingerprint density at radius 2 is 1.93 bits per heavy atom. The highest BCUT2D eigenvalue weighted by atomic mass is 16.3.